The third-order valence-electron chi connectivity index (χ3n) is 5.95. The maximum absolute atomic E-state index is 13.2. The van der Waals surface area contributed by atoms with Crippen molar-refractivity contribution in [1.29, 1.82) is 0 Å². The Morgan fingerprint density at radius 2 is 1.74 bits per heavy atom. The van der Waals surface area contributed by atoms with Gasteiger partial charge in [-0.05, 0) is 48.9 Å². The zero-order valence-corrected chi connectivity index (χ0v) is 19.8. The Balaban J connectivity index is 1.52. The molecule has 11 heteroatoms. The lowest BCUT2D eigenvalue weighted by molar-refractivity contribution is -0.130. The Labute approximate surface area is 197 Å². The molecule has 2 aliphatic rings. The minimum absolute atomic E-state index is 0.246. The van der Waals surface area contributed by atoms with E-state index in [0.29, 0.717) is 36.0 Å². The number of ether oxygens (including phenoxy) is 2. The van der Waals surface area contributed by atoms with Crippen LogP contribution in [0.3, 0.4) is 0 Å². The number of amides is 3. The van der Waals surface area contributed by atoms with Crippen molar-refractivity contribution in [3.8, 4) is 11.5 Å². The Morgan fingerprint density at radius 1 is 1.09 bits per heavy atom. The summed E-state index contributed by atoms with van der Waals surface area (Å²) in [6, 6.07) is 10.3. The first-order chi connectivity index (χ1) is 16.0. The van der Waals surface area contributed by atoms with E-state index in [9.17, 15) is 22.8 Å². The van der Waals surface area contributed by atoms with Crippen LogP contribution in [-0.4, -0.2) is 64.1 Å². The van der Waals surface area contributed by atoms with Gasteiger partial charge >= 0.3 is 6.03 Å². The summed E-state index contributed by atoms with van der Waals surface area (Å²) in [6.07, 6.45) is 1.81. The molecule has 1 atom stereocenters. The first-order valence-corrected chi connectivity index (χ1v) is 12.5. The maximum Gasteiger partial charge on any atom is 0.325 e. The maximum atomic E-state index is 13.2. The van der Waals surface area contributed by atoms with Crippen molar-refractivity contribution in [3.05, 3.63) is 53.6 Å². The molecule has 0 radical (unpaired) electrons. The van der Waals surface area contributed by atoms with E-state index in [0.717, 1.165) is 21.9 Å². The van der Waals surface area contributed by atoms with Gasteiger partial charge in [0.25, 0.3) is 5.91 Å². The molecule has 3 amide bonds. The van der Waals surface area contributed by atoms with E-state index in [-0.39, 0.29) is 5.56 Å². The van der Waals surface area contributed by atoms with Crippen molar-refractivity contribution in [1.82, 2.24) is 10.2 Å². The van der Waals surface area contributed by atoms with Crippen LogP contribution in [0.25, 0.3) is 0 Å². The van der Waals surface area contributed by atoms with Crippen LogP contribution in [0.15, 0.2) is 42.5 Å². The van der Waals surface area contributed by atoms with Crippen LogP contribution >= 0.6 is 0 Å². The number of hydrogen-bond acceptors (Lipinski definition) is 7. The molecule has 2 aromatic rings. The van der Waals surface area contributed by atoms with E-state index in [1.165, 1.54) is 31.3 Å². The Morgan fingerprint density at radius 3 is 2.38 bits per heavy atom. The van der Waals surface area contributed by atoms with Crippen LogP contribution in [0.5, 0.6) is 11.5 Å². The van der Waals surface area contributed by atoms with Crippen molar-refractivity contribution in [2.45, 2.75) is 18.9 Å². The summed E-state index contributed by atoms with van der Waals surface area (Å²) >= 11 is 0. The van der Waals surface area contributed by atoms with Crippen molar-refractivity contribution in [3.63, 3.8) is 0 Å². The Hall–Kier alpha value is -3.60. The molecule has 1 saturated heterocycles. The van der Waals surface area contributed by atoms with Crippen LogP contribution in [0.4, 0.5) is 10.5 Å². The summed E-state index contributed by atoms with van der Waals surface area (Å²) in [4.78, 5) is 39.6. The average molecular weight is 488 g/mol. The second-order valence-electron chi connectivity index (χ2n) is 8.36. The van der Waals surface area contributed by atoms with Gasteiger partial charge in [0.1, 0.15) is 5.54 Å². The lowest BCUT2D eigenvalue weighted by Crippen LogP contribution is -2.41. The third-order valence-corrected chi connectivity index (χ3v) is 7.16. The van der Waals surface area contributed by atoms with E-state index < -0.39 is 39.8 Å². The third kappa shape index (κ3) is 4.30. The smallest absolute Gasteiger partial charge is 0.325 e. The van der Waals surface area contributed by atoms with Gasteiger partial charge in [0.05, 0.1) is 31.7 Å². The predicted molar refractivity (Wildman–Crippen MR) is 124 cm³/mol. The molecule has 4 rings (SSSR count). The Kier molecular flexibility index (Phi) is 5.98. The monoisotopic (exact) mass is 487 g/mol. The summed E-state index contributed by atoms with van der Waals surface area (Å²) in [5, 5.41) is 2.68. The number of imide groups is 1. The van der Waals surface area contributed by atoms with Gasteiger partial charge in [0.15, 0.2) is 17.3 Å². The van der Waals surface area contributed by atoms with E-state index in [2.05, 4.69) is 5.32 Å². The normalized spacial score (nSPS) is 20.0. The number of sulfonamides is 1. The van der Waals surface area contributed by atoms with Crippen molar-refractivity contribution in [2.75, 3.05) is 37.4 Å². The minimum Gasteiger partial charge on any atom is -0.490 e. The van der Waals surface area contributed by atoms with Gasteiger partial charge in [-0.2, -0.15) is 0 Å². The van der Waals surface area contributed by atoms with Crippen LogP contribution in [0.1, 0.15) is 29.3 Å². The fourth-order valence-electron chi connectivity index (χ4n) is 3.79. The zero-order valence-electron chi connectivity index (χ0n) is 19.0. The van der Waals surface area contributed by atoms with Crippen molar-refractivity contribution < 1.29 is 32.3 Å². The van der Waals surface area contributed by atoms with Crippen LogP contribution in [-0.2, 0) is 20.4 Å². The van der Waals surface area contributed by atoms with Crippen molar-refractivity contribution in [2.24, 2.45) is 0 Å². The first kappa shape index (κ1) is 23.6. The molecule has 34 heavy (non-hydrogen) atoms. The molecule has 0 bridgehead atoms. The van der Waals surface area contributed by atoms with Crippen LogP contribution in [0, 0.1) is 0 Å². The lowest BCUT2D eigenvalue weighted by atomic mass is 9.91. The number of fused-ring (bicyclic) bond motifs is 1. The second-order valence-corrected chi connectivity index (χ2v) is 10.4. The van der Waals surface area contributed by atoms with E-state index in [1.54, 1.807) is 25.1 Å². The van der Waals surface area contributed by atoms with E-state index in [4.69, 9.17) is 9.47 Å². The standard InChI is InChI=1S/C23H25N3O7S/c1-23(16-7-10-19-20(13-16)33-12-4-11-32-19)21(28)26(22(29)24-23)14-18(27)15-5-8-17(9-6-15)25(2)34(3,30)31/h5-10,13H,4,11-12,14H2,1-3H3,(H,24,29)/t23-/m0/s1. The number of hydrogen-bond donors (Lipinski definition) is 1. The molecule has 1 N–H and O–H groups in total. The molecule has 0 spiro atoms. The van der Waals surface area contributed by atoms with E-state index in [1.807, 2.05) is 0 Å². The zero-order chi connectivity index (χ0) is 24.7. The average Bonchev–Trinajstić information content (AvgIpc) is 2.96. The number of urea groups is 1. The fourth-order valence-corrected chi connectivity index (χ4v) is 4.30. The molecule has 180 valence electrons. The quantitative estimate of drug-likeness (QED) is 0.488. The van der Waals surface area contributed by atoms with Gasteiger partial charge < -0.3 is 14.8 Å². The Bertz CT molecular complexity index is 1260. The molecule has 1 fully saturated rings. The fraction of sp³-hybridized carbons (Fsp3) is 0.348. The van der Waals surface area contributed by atoms with E-state index >= 15 is 0 Å². The number of carbonyl (C=O) groups excluding carboxylic acids is 3. The highest BCUT2D eigenvalue weighted by molar-refractivity contribution is 7.92. The molecule has 0 saturated carbocycles. The van der Waals surface area contributed by atoms with Gasteiger partial charge in [-0.1, -0.05) is 6.07 Å². The van der Waals surface area contributed by atoms with Gasteiger partial charge in [0.2, 0.25) is 10.0 Å². The molecular formula is C23H25N3O7S. The summed E-state index contributed by atoms with van der Waals surface area (Å²) in [5.41, 5.74) is -0.228. The number of anilines is 1. The number of Topliss-reactive ketones (excluding diaryl/α,β-unsaturated/α-hetero) is 1. The topological polar surface area (TPSA) is 122 Å². The second kappa shape index (κ2) is 8.64. The van der Waals surface area contributed by atoms with Crippen molar-refractivity contribution >= 4 is 33.4 Å². The molecule has 10 nitrogen and oxygen atoms in total. The van der Waals surface area contributed by atoms with Gasteiger partial charge in [-0.15, -0.1) is 0 Å². The number of nitrogens with one attached hydrogen (secondary N) is 1. The predicted octanol–water partition coefficient (Wildman–Crippen LogP) is 1.89. The summed E-state index contributed by atoms with van der Waals surface area (Å²) in [5.74, 6) is 0.0410. The molecule has 0 aliphatic carbocycles. The lowest BCUT2D eigenvalue weighted by Gasteiger charge is -2.23. The SMILES string of the molecule is CN(c1ccc(C(=O)CN2C(=O)N[C@@](C)(c3ccc4c(c3)OCCCO4)C2=O)cc1)S(C)(=O)=O. The van der Waals surface area contributed by atoms with Crippen LogP contribution < -0.4 is 19.1 Å². The van der Waals surface area contributed by atoms with Gasteiger partial charge in [0, 0.05) is 19.0 Å². The highest BCUT2D eigenvalue weighted by Crippen LogP contribution is 2.36. The number of carbonyl (C=O) groups is 3. The molecule has 2 aliphatic heterocycles. The molecule has 2 heterocycles. The molecular weight excluding hydrogens is 462 g/mol. The number of nitrogens with zero attached hydrogens (tertiary/aromatic N) is 2. The highest BCUT2D eigenvalue weighted by Gasteiger charge is 2.49. The number of benzene rings is 2. The summed E-state index contributed by atoms with van der Waals surface area (Å²) in [6.45, 7) is 2.13. The molecule has 0 aromatic heterocycles. The highest BCUT2D eigenvalue weighted by atomic mass is 32.2. The van der Waals surface area contributed by atoms with Gasteiger partial charge in [-0.25, -0.2) is 13.2 Å². The number of ketones is 1. The summed E-state index contributed by atoms with van der Waals surface area (Å²) in [7, 11) is -2.04. The molecule has 0 unspecified atom stereocenters. The first-order valence-electron chi connectivity index (χ1n) is 10.6. The molecule has 2 aromatic carbocycles. The van der Waals surface area contributed by atoms with Gasteiger partial charge in [-0.3, -0.25) is 18.8 Å². The number of rotatable bonds is 6. The van der Waals surface area contributed by atoms with Crippen LogP contribution in [0.2, 0.25) is 0 Å². The minimum atomic E-state index is -3.44. The summed E-state index contributed by atoms with van der Waals surface area (Å²) < 4.78 is 35.8. The largest absolute Gasteiger partial charge is 0.490 e.